The first-order valence-electron chi connectivity index (χ1n) is 5.40. The topological polar surface area (TPSA) is 57.6 Å². The molecule has 0 amide bonds. The van der Waals surface area contributed by atoms with Crippen LogP contribution in [0.3, 0.4) is 0 Å². The zero-order valence-electron chi connectivity index (χ0n) is 9.31. The number of nitrogens with zero attached hydrogens (tertiary/aromatic N) is 1. The van der Waals surface area contributed by atoms with Crippen molar-refractivity contribution in [2.45, 2.75) is 32.1 Å². The van der Waals surface area contributed by atoms with Crippen LogP contribution in [0.15, 0.2) is 0 Å². The summed E-state index contributed by atoms with van der Waals surface area (Å²) in [5.74, 6) is 0.110. The zero-order valence-corrected chi connectivity index (χ0v) is 10.1. The maximum absolute atomic E-state index is 11.6. The molecule has 0 unspecified atom stereocenters. The second kappa shape index (κ2) is 5.61. The normalized spacial score (nSPS) is 23.6. The van der Waals surface area contributed by atoms with Crippen LogP contribution < -0.4 is 0 Å². The molecule has 1 saturated heterocycles. The summed E-state index contributed by atoms with van der Waals surface area (Å²) < 4.78 is 11.6. The quantitative estimate of drug-likeness (QED) is 0.783. The third-order valence-electron chi connectivity index (χ3n) is 2.89. The molecular weight excluding hydrogens is 214 g/mol. The van der Waals surface area contributed by atoms with Crippen molar-refractivity contribution in [1.82, 2.24) is 4.90 Å². The maximum Gasteiger partial charge on any atom is 0.334 e. The van der Waals surface area contributed by atoms with Gasteiger partial charge in [-0.05, 0) is 18.8 Å². The molecule has 0 spiro atoms. The number of carboxylic acid groups (broad SMARTS) is 1. The van der Waals surface area contributed by atoms with Crippen LogP contribution in [0.4, 0.5) is 0 Å². The Morgan fingerprint density at radius 1 is 1.53 bits per heavy atom. The van der Waals surface area contributed by atoms with Gasteiger partial charge in [-0.15, -0.1) is 0 Å². The summed E-state index contributed by atoms with van der Waals surface area (Å²) in [4.78, 5) is 12.9. The largest absolute Gasteiger partial charge is 0.479 e. The van der Waals surface area contributed by atoms with E-state index in [1.54, 1.807) is 6.92 Å². The van der Waals surface area contributed by atoms with Gasteiger partial charge < -0.3 is 5.11 Å². The van der Waals surface area contributed by atoms with E-state index < -0.39 is 22.1 Å². The lowest BCUT2D eigenvalue weighted by Gasteiger charge is -2.33. The zero-order chi connectivity index (χ0) is 11.4. The van der Waals surface area contributed by atoms with Crippen molar-refractivity contribution in [3.05, 3.63) is 0 Å². The first-order chi connectivity index (χ1) is 7.06. The molecule has 0 bridgehead atoms. The third kappa shape index (κ3) is 3.28. The first-order valence-corrected chi connectivity index (χ1v) is 6.78. The minimum absolute atomic E-state index is 0.406. The smallest absolute Gasteiger partial charge is 0.334 e. The summed E-state index contributed by atoms with van der Waals surface area (Å²) in [5, 5.41) is 8.25. The van der Waals surface area contributed by atoms with Crippen LogP contribution in [-0.4, -0.2) is 44.4 Å². The van der Waals surface area contributed by atoms with E-state index in [-0.39, 0.29) is 0 Å². The molecule has 0 aromatic rings. The Kier molecular flexibility index (Phi) is 4.73. The van der Waals surface area contributed by atoms with Gasteiger partial charge in [0.05, 0.1) is 10.8 Å². The molecule has 1 N–H and O–H groups in total. The highest BCUT2D eigenvalue weighted by molar-refractivity contribution is 7.86. The standard InChI is InChI=1S/C10H19NO3S/c1-3-15(14)9(10(12)13)11-6-4-8(2)5-7-11/h8-9H,3-7H2,1-2H3,(H,12,13)/t9-,15+/m1/s1. The van der Waals surface area contributed by atoms with Gasteiger partial charge in [-0.3, -0.25) is 9.11 Å². The SMILES string of the molecule is CC[S@](=O)[C@H](C(=O)O)N1CCC(C)CC1. The lowest BCUT2D eigenvalue weighted by Crippen LogP contribution is -2.48. The number of piperidine rings is 1. The molecule has 1 heterocycles. The van der Waals surface area contributed by atoms with Crippen LogP contribution in [0.1, 0.15) is 26.7 Å². The molecular formula is C10H19NO3S. The third-order valence-corrected chi connectivity index (χ3v) is 4.46. The Bertz CT molecular complexity index is 249. The summed E-state index contributed by atoms with van der Waals surface area (Å²) >= 11 is 0. The van der Waals surface area contributed by atoms with Crippen molar-refractivity contribution < 1.29 is 14.1 Å². The lowest BCUT2D eigenvalue weighted by atomic mass is 9.99. The molecule has 1 aliphatic heterocycles. The van der Waals surface area contributed by atoms with Crippen LogP contribution in [0.2, 0.25) is 0 Å². The van der Waals surface area contributed by atoms with Crippen molar-refractivity contribution in [3.63, 3.8) is 0 Å². The van der Waals surface area contributed by atoms with Crippen molar-refractivity contribution in [2.75, 3.05) is 18.8 Å². The highest BCUT2D eigenvalue weighted by Gasteiger charge is 2.32. The van der Waals surface area contributed by atoms with Gasteiger partial charge in [0.1, 0.15) is 0 Å². The lowest BCUT2D eigenvalue weighted by molar-refractivity contribution is -0.140. The van der Waals surface area contributed by atoms with Gasteiger partial charge in [-0.2, -0.15) is 0 Å². The highest BCUT2D eigenvalue weighted by Crippen LogP contribution is 2.19. The van der Waals surface area contributed by atoms with Crippen molar-refractivity contribution in [1.29, 1.82) is 0 Å². The molecule has 0 aromatic heterocycles. The summed E-state index contributed by atoms with van der Waals surface area (Å²) in [5.41, 5.74) is 0. The van der Waals surface area contributed by atoms with Crippen LogP contribution in [-0.2, 0) is 15.6 Å². The summed E-state index contributed by atoms with van der Waals surface area (Å²) in [6.07, 6.45) is 2.01. The van der Waals surface area contributed by atoms with E-state index in [9.17, 15) is 9.00 Å². The van der Waals surface area contributed by atoms with Crippen molar-refractivity contribution in [2.24, 2.45) is 5.92 Å². The van der Waals surface area contributed by atoms with Gasteiger partial charge in [0.2, 0.25) is 0 Å². The van der Waals surface area contributed by atoms with E-state index in [1.165, 1.54) is 0 Å². The fraction of sp³-hybridized carbons (Fsp3) is 0.900. The number of carboxylic acids is 1. The van der Waals surface area contributed by atoms with Crippen molar-refractivity contribution in [3.8, 4) is 0 Å². The molecule has 0 radical (unpaired) electrons. The molecule has 2 atom stereocenters. The second-order valence-corrected chi connectivity index (χ2v) is 5.86. The Morgan fingerprint density at radius 3 is 2.47 bits per heavy atom. The van der Waals surface area contributed by atoms with Crippen LogP contribution >= 0.6 is 0 Å². The van der Waals surface area contributed by atoms with Gasteiger partial charge >= 0.3 is 5.97 Å². The van der Waals surface area contributed by atoms with Gasteiger partial charge in [0.25, 0.3) is 0 Å². The summed E-state index contributed by atoms with van der Waals surface area (Å²) in [6, 6.07) is 0. The molecule has 4 nitrogen and oxygen atoms in total. The average molecular weight is 233 g/mol. The number of hydrogen-bond donors (Lipinski definition) is 1. The number of hydrogen-bond acceptors (Lipinski definition) is 3. The average Bonchev–Trinajstić information content (AvgIpc) is 2.20. The summed E-state index contributed by atoms with van der Waals surface area (Å²) in [6.45, 7) is 5.44. The first kappa shape index (κ1) is 12.6. The van der Waals surface area contributed by atoms with E-state index >= 15 is 0 Å². The van der Waals surface area contributed by atoms with Gasteiger partial charge in [0.15, 0.2) is 5.37 Å². The number of carbonyl (C=O) groups is 1. The molecule has 1 rings (SSSR count). The minimum Gasteiger partial charge on any atom is -0.479 e. The predicted octanol–water partition coefficient (Wildman–Crippen LogP) is 0.898. The number of rotatable bonds is 4. The molecule has 1 aliphatic rings. The van der Waals surface area contributed by atoms with Gasteiger partial charge in [0, 0.05) is 18.8 Å². The second-order valence-electron chi connectivity index (χ2n) is 4.08. The van der Waals surface area contributed by atoms with E-state index in [2.05, 4.69) is 6.92 Å². The Labute approximate surface area is 93.1 Å². The molecule has 0 aromatic carbocycles. The molecule has 15 heavy (non-hydrogen) atoms. The van der Waals surface area contributed by atoms with Gasteiger partial charge in [-0.1, -0.05) is 13.8 Å². The molecule has 0 aliphatic carbocycles. The van der Waals surface area contributed by atoms with Gasteiger partial charge in [-0.25, -0.2) is 4.79 Å². The molecule has 0 saturated carbocycles. The van der Waals surface area contributed by atoms with E-state index in [4.69, 9.17) is 5.11 Å². The van der Waals surface area contributed by atoms with E-state index in [0.29, 0.717) is 11.7 Å². The molecule has 5 heteroatoms. The van der Waals surface area contributed by atoms with Crippen LogP contribution in [0, 0.1) is 5.92 Å². The summed E-state index contributed by atoms with van der Waals surface area (Å²) in [7, 11) is -1.28. The fourth-order valence-corrected chi connectivity index (χ4v) is 2.94. The maximum atomic E-state index is 11.6. The molecule has 1 fully saturated rings. The Morgan fingerprint density at radius 2 is 2.07 bits per heavy atom. The number of likely N-dealkylation sites (tertiary alicyclic amines) is 1. The fourth-order valence-electron chi connectivity index (χ4n) is 1.86. The van der Waals surface area contributed by atoms with Crippen LogP contribution in [0.5, 0.6) is 0 Å². The Hall–Kier alpha value is -0.420. The predicted molar refractivity (Wildman–Crippen MR) is 60.1 cm³/mol. The van der Waals surface area contributed by atoms with Crippen molar-refractivity contribution >= 4 is 16.8 Å². The van der Waals surface area contributed by atoms with Crippen LogP contribution in [0.25, 0.3) is 0 Å². The highest BCUT2D eigenvalue weighted by atomic mass is 32.2. The monoisotopic (exact) mass is 233 g/mol. The Balaban J connectivity index is 2.64. The minimum atomic E-state index is -1.28. The van der Waals surface area contributed by atoms with E-state index in [1.807, 2.05) is 4.90 Å². The van der Waals surface area contributed by atoms with E-state index in [0.717, 1.165) is 25.9 Å². The molecule has 88 valence electrons. The number of aliphatic carboxylic acids is 1.